The lowest BCUT2D eigenvalue weighted by atomic mass is 9.94. The molecule has 2 heterocycles. The van der Waals surface area contributed by atoms with Crippen LogP contribution in [0.15, 0.2) is 78.9 Å². The summed E-state index contributed by atoms with van der Waals surface area (Å²) in [6, 6.07) is 23.9. The van der Waals surface area contributed by atoms with Crippen molar-refractivity contribution < 1.29 is 9.18 Å². The van der Waals surface area contributed by atoms with E-state index in [-0.39, 0.29) is 11.7 Å². The van der Waals surface area contributed by atoms with E-state index in [0.717, 1.165) is 22.0 Å². The average Bonchev–Trinajstić information content (AvgIpc) is 3.03. The number of nitrogens with one attached hydrogen (secondary N) is 1. The number of anilines is 1. The smallest absolute Gasteiger partial charge is 0.238 e. The van der Waals surface area contributed by atoms with Gasteiger partial charge in [0.25, 0.3) is 0 Å². The second-order valence-corrected chi connectivity index (χ2v) is 6.63. The standard InChI is InChI=1S/C23H15FN2O/c24-18-7-3-2-6-16(18)15-9-11-17-21(13-15)26-23(27)22(17)20-12-10-14-5-1-4-8-19(14)25-20/h1-13,22H,(H,26,27). The number of aromatic nitrogens is 1. The number of fused-ring (bicyclic) bond motifs is 2. The number of para-hydroxylation sites is 1. The highest BCUT2D eigenvalue weighted by atomic mass is 19.1. The van der Waals surface area contributed by atoms with Gasteiger partial charge in [0.05, 0.1) is 11.2 Å². The van der Waals surface area contributed by atoms with Crippen molar-refractivity contribution in [2.24, 2.45) is 0 Å². The monoisotopic (exact) mass is 354 g/mol. The Labute approximate surface area is 155 Å². The summed E-state index contributed by atoms with van der Waals surface area (Å²) >= 11 is 0. The Hall–Kier alpha value is -3.53. The van der Waals surface area contributed by atoms with Gasteiger partial charge in [-0.2, -0.15) is 0 Å². The summed E-state index contributed by atoms with van der Waals surface area (Å²) < 4.78 is 14.1. The molecule has 1 aliphatic heterocycles. The normalized spacial score (nSPS) is 15.6. The van der Waals surface area contributed by atoms with Gasteiger partial charge in [0, 0.05) is 16.6 Å². The number of rotatable bonds is 2. The number of hydrogen-bond donors (Lipinski definition) is 1. The molecular formula is C23H15FN2O. The Morgan fingerprint density at radius 3 is 2.59 bits per heavy atom. The van der Waals surface area contributed by atoms with Crippen LogP contribution in [0.1, 0.15) is 17.2 Å². The second-order valence-electron chi connectivity index (χ2n) is 6.63. The number of carbonyl (C=O) groups excluding carboxylic acids is 1. The Kier molecular flexibility index (Phi) is 3.50. The van der Waals surface area contributed by atoms with Crippen molar-refractivity contribution in [2.45, 2.75) is 5.92 Å². The molecule has 27 heavy (non-hydrogen) atoms. The van der Waals surface area contributed by atoms with Crippen LogP contribution in [-0.2, 0) is 4.79 Å². The number of nitrogens with zero attached hydrogens (tertiary/aromatic N) is 1. The zero-order valence-corrected chi connectivity index (χ0v) is 14.3. The lowest BCUT2D eigenvalue weighted by molar-refractivity contribution is -0.116. The highest BCUT2D eigenvalue weighted by molar-refractivity contribution is 6.05. The first kappa shape index (κ1) is 15.7. The molecule has 0 radical (unpaired) electrons. The average molecular weight is 354 g/mol. The molecule has 1 atom stereocenters. The van der Waals surface area contributed by atoms with Crippen molar-refractivity contribution in [3.63, 3.8) is 0 Å². The summed E-state index contributed by atoms with van der Waals surface area (Å²) in [6.07, 6.45) is 0. The van der Waals surface area contributed by atoms with E-state index in [2.05, 4.69) is 10.3 Å². The van der Waals surface area contributed by atoms with Gasteiger partial charge in [-0.3, -0.25) is 9.78 Å². The third kappa shape index (κ3) is 2.57. The molecule has 1 aromatic heterocycles. The van der Waals surface area contributed by atoms with E-state index in [1.165, 1.54) is 6.07 Å². The maximum absolute atomic E-state index is 14.1. The summed E-state index contributed by atoms with van der Waals surface area (Å²) in [6.45, 7) is 0. The number of pyridine rings is 1. The van der Waals surface area contributed by atoms with Crippen LogP contribution >= 0.6 is 0 Å². The minimum absolute atomic E-state index is 0.113. The molecule has 1 amide bonds. The first-order chi connectivity index (χ1) is 13.2. The molecule has 1 unspecified atom stereocenters. The Balaban J connectivity index is 1.59. The van der Waals surface area contributed by atoms with Crippen molar-refractivity contribution in [1.29, 1.82) is 0 Å². The number of amides is 1. The predicted octanol–water partition coefficient (Wildman–Crippen LogP) is 5.12. The molecule has 4 aromatic rings. The van der Waals surface area contributed by atoms with E-state index < -0.39 is 5.92 Å². The van der Waals surface area contributed by atoms with Crippen LogP contribution in [0.2, 0.25) is 0 Å². The second kappa shape index (κ2) is 6.02. The zero-order valence-electron chi connectivity index (χ0n) is 14.3. The number of halogens is 1. The van der Waals surface area contributed by atoms with Gasteiger partial charge in [-0.15, -0.1) is 0 Å². The van der Waals surface area contributed by atoms with Crippen molar-refractivity contribution in [3.8, 4) is 11.1 Å². The maximum atomic E-state index is 14.1. The fourth-order valence-electron chi connectivity index (χ4n) is 3.66. The summed E-state index contributed by atoms with van der Waals surface area (Å²) in [5.41, 5.74) is 4.40. The van der Waals surface area contributed by atoms with Gasteiger partial charge in [0.15, 0.2) is 0 Å². The van der Waals surface area contributed by atoms with Crippen molar-refractivity contribution in [3.05, 3.63) is 95.9 Å². The Bertz CT molecular complexity index is 1200. The van der Waals surface area contributed by atoms with Gasteiger partial charge >= 0.3 is 0 Å². The maximum Gasteiger partial charge on any atom is 0.238 e. The van der Waals surface area contributed by atoms with Crippen LogP contribution < -0.4 is 5.32 Å². The quantitative estimate of drug-likeness (QED) is 0.542. The van der Waals surface area contributed by atoms with E-state index in [0.29, 0.717) is 16.9 Å². The third-order valence-corrected chi connectivity index (χ3v) is 4.98. The molecule has 1 aliphatic rings. The van der Waals surface area contributed by atoms with Crippen molar-refractivity contribution in [1.82, 2.24) is 4.98 Å². The van der Waals surface area contributed by atoms with Crippen LogP contribution in [0, 0.1) is 5.82 Å². The Morgan fingerprint density at radius 2 is 1.70 bits per heavy atom. The molecule has 130 valence electrons. The zero-order chi connectivity index (χ0) is 18.4. The van der Waals surface area contributed by atoms with Gasteiger partial charge in [-0.25, -0.2) is 4.39 Å². The van der Waals surface area contributed by atoms with Gasteiger partial charge < -0.3 is 5.32 Å². The lowest BCUT2D eigenvalue weighted by Crippen LogP contribution is -2.14. The van der Waals surface area contributed by atoms with E-state index in [1.54, 1.807) is 18.2 Å². The molecule has 4 heteroatoms. The summed E-state index contributed by atoms with van der Waals surface area (Å²) in [5.74, 6) is -0.854. The lowest BCUT2D eigenvalue weighted by Gasteiger charge is -2.10. The van der Waals surface area contributed by atoms with E-state index in [4.69, 9.17) is 0 Å². The molecule has 0 fully saturated rings. The topological polar surface area (TPSA) is 42.0 Å². The van der Waals surface area contributed by atoms with Crippen molar-refractivity contribution in [2.75, 3.05) is 5.32 Å². The molecule has 3 aromatic carbocycles. The molecule has 0 saturated carbocycles. The minimum Gasteiger partial charge on any atom is -0.325 e. The molecule has 1 N–H and O–H groups in total. The van der Waals surface area contributed by atoms with Gasteiger partial charge in [0.1, 0.15) is 11.7 Å². The number of hydrogen-bond acceptors (Lipinski definition) is 2. The largest absolute Gasteiger partial charge is 0.325 e. The summed E-state index contributed by atoms with van der Waals surface area (Å²) in [7, 11) is 0. The fourth-order valence-corrected chi connectivity index (χ4v) is 3.66. The molecular weight excluding hydrogens is 339 g/mol. The summed E-state index contributed by atoms with van der Waals surface area (Å²) in [5, 5.41) is 3.96. The number of benzene rings is 3. The van der Waals surface area contributed by atoms with Crippen LogP contribution in [0.3, 0.4) is 0 Å². The third-order valence-electron chi connectivity index (χ3n) is 4.98. The predicted molar refractivity (Wildman–Crippen MR) is 104 cm³/mol. The molecule has 0 saturated heterocycles. The van der Waals surface area contributed by atoms with Gasteiger partial charge in [-0.05, 0) is 35.4 Å². The van der Waals surface area contributed by atoms with E-state index in [1.807, 2.05) is 54.6 Å². The first-order valence-electron chi connectivity index (χ1n) is 8.76. The first-order valence-corrected chi connectivity index (χ1v) is 8.76. The van der Waals surface area contributed by atoms with Crippen LogP contribution in [0.25, 0.3) is 22.0 Å². The van der Waals surface area contributed by atoms with Crippen LogP contribution in [-0.4, -0.2) is 10.9 Å². The molecule has 0 bridgehead atoms. The van der Waals surface area contributed by atoms with Crippen LogP contribution in [0.5, 0.6) is 0 Å². The summed E-state index contributed by atoms with van der Waals surface area (Å²) in [4.78, 5) is 17.3. The highest BCUT2D eigenvalue weighted by Gasteiger charge is 2.33. The fraction of sp³-hybridized carbons (Fsp3) is 0.0435. The minimum atomic E-state index is -0.459. The van der Waals surface area contributed by atoms with Gasteiger partial charge in [0.2, 0.25) is 5.91 Å². The molecule has 5 rings (SSSR count). The molecule has 0 spiro atoms. The Morgan fingerprint density at radius 1 is 0.889 bits per heavy atom. The highest BCUT2D eigenvalue weighted by Crippen LogP contribution is 2.39. The van der Waals surface area contributed by atoms with E-state index >= 15 is 0 Å². The molecule has 3 nitrogen and oxygen atoms in total. The van der Waals surface area contributed by atoms with Crippen molar-refractivity contribution >= 4 is 22.5 Å². The number of carbonyl (C=O) groups is 1. The van der Waals surface area contributed by atoms with Gasteiger partial charge in [-0.1, -0.05) is 54.6 Å². The van der Waals surface area contributed by atoms with Crippen LogP contribution in [0.4, 0.5) is 10.1 Å². The van der Waals surface area contributed by atoms with E-state index in [9.17, 15) is 9.18 Å². The molecule has 0 aliphatic carbocycles. The SMILES string of the molecule is O=C1Nc2cc(-c3ccccc3F)ccc2C1c1ccc2ccccc2n1.